The number of benzene rings is 1. The van der Waals surface area contributed by atoms with Crippen molar-refractivity contribution in [2.45, 2.75) is 6.92 Å². The molecule has 4 heteroatoms. The average Bonchev–Trinajstić information content (AvgIpc) is 2.67. The number of hydrogen-bond acceptors (Lipinski definition) is 0. The lowest BCUT2D eigenvalue weighted by molar-refractivity contribution is 1.12. The van der Waals surface area contributed by atoms with Gasteiger partial charge >= 0.3 is 0 Å². The van der Waals surface area contributed by atoms with Crippen LogP contribution in [-0.4, -0.2) is 4.57 Å². The summed E-state index contributed by atoms with van der Waals surface area (Å²) in [6.45, 7) is 2.10. The summed E-state index contributed by atoms with van der Waals surface area (Å²) in [5.41, 5.74) is 3.74. The monoisotopic (exact) mass is 345 g/mol. The van der Waals surface area contributed by atoms with Crippen LogP contribution in [0.4, 0.5) is 0 Å². The van der Waals surface area contributed by atoms with Crippen LogP contribution in [0.2, 0.25) is 0 Å². The van der Waals surface area contributed by atoms with E-state index >= 15 is 0 Å². The average molecular weight is 347 g/mol. The Labute approximate surface area is 107 Å². The van der Waals surface area contributed by atoms with Crippen LogP contribution in [0.3, 0.4) is 0 Å². The maximum atomic E-state index is 3.58. The minimum atomic E-state index is -0.423. The molecule has 0 atom stereocenters. The molecule has 78 valence electrons. The normalized spacial score (nSPS) is 10.9. The lowest BCUT2D eigenvalue weighted by Crippen LogP contribution is -2.08. The summed E-state index contributed by atoms with van der Waals surface area (Å²) < 4.78 is 2.19. The number of halogens is 2. The van der Waals surface area contributed by atoms with E-state index < -0.39 is 5.33 Å². The van der Waals surface area contributed by atoms with Crippen molar-refractivity contribution in [1.82, 2.24) is 4.57 Å². The standard InChI is InChI=1S/C11H10Br2NP/c1-9-4-6-10(7-5-9)14-8-2-3-11(14)15(12)13/h2-8H,1H3. The van der Waals surface area contributed by atoms with Gasteiger partial charge in [0.25, 0.3) is 0 Å². The fourth-order valence-electron chi connectivity index (χ4n) is 1.43. The highest BCUT2D eigenvalue weighted by Crippen LogP contribution is 2.50. The van der Waals surface area contributed by atoms with Crippen molar-refractivity contribution in [1.29, 1.82) is 0 Å². The number of hydrogen-bond donors (Lipinski definition) is 0. The Morgan fingerprint density at radius 1 is 1.07 bits per heavy atom. The van der Waals surface area contributed by atoms with Gasteiger partial charge in [0.05, 0.1) is 10.8 Å². The van der Waals surface area contributed by atoms with Crippen LogP contribution in [0.5, 0.6) is 0 Å². The van der Waals surface area contributed by atoms with Gasteiger partial charge in [0.2, 0.25) is 0 Å². The molecule has 0 unspecified atom stereocenters. The fourth-order valence-corrected chi connectivity index (χ4v) is 3.71. The molecule has 0 saturated carbocycles. The summed E-state index contributed by atoms with van der Waals surface area (Å²) in [5.74, 6) is 0. The molecule has 0 N–H and O–H groups in total. The summed E-state index contributed by atoms with van der Waals surface area (Å²) in [6.07, 6.45) is 2.08. The van der Waals surface area contributed by atoms with Crippen LogP contribution in [0.25, 0.3) is 5.69 Å². The molecule has 0 spiro atoms. The molecule has 1 nitrogen and oxygen atoms in total. The van der Waals surface area contributed by atoms with Crippen LogP contribution in [0.1, 0.15) is 5.56 Å². The number of aryl methyl sites for hydroxylation is 1. The van der Waals surface area contributed by atoms with Crippen LogP contribution >= 0.6 is 36.3 Å². The number of aromatic nitrogens is 1. The molecular formula is C11H10Br2NP. The van der Waals surface area contributed by atoms with E-state index in [0.717, 1.165) is 0 Å². The van der Waals surface area contributed by atoms with Gasteiger partial charge in [0, 0.05) is 11.9 Å². The first kappa shape index (κ1) is 11.4. The molecule has 0 aliphatic rings. The van der Waals surface area contributed by atoms with Crippen molar-refractivity contribution in [2.75, 3.05) is 0 Å². The highest BCUT2D eigenvalue weighted by Gasteiger charge is 2.08. The van der Waals surface area contributed by atoms with E-state index in [0.29, 0.717) is 0 Å². The van der Waals surface area contributed by atoms with E-state index in [2.05, 4.69) is 85.1 Å². The molecule has 0 saturated heterocycles. The molecule has 1 aromatic heterocycles. The number of rotatable bonds is 2. The molecule has 0 bridgehead atoms. The minimum absolute atomic E-state index is 0.423. The number of nitrogens with zero attached hydrogens (tertiary/aromatic N) is 1. The van der Waals surface area contributed by atoms with Gasteiger partial charge in [-0.05, 0) is 62.2 Å². The Morgan fingerprint density at radius 2 is 1.73 bits per heavy atom. The van der Waals surface area contributed by atoms with Gasteiger partial charge in [-0.1, -0.05) is 17.7 Å². The van der Waals surface area contributed by atoms with Gasteiger partial charge < -0.3 is 4.57 Å². The Morgan fingerprint density at radius 3 is 2.33 bits per heavy atom. The highest BCUT2D eigenvalue weighted by atomic mass is 79.9. The summed E-state index contributed by atoms with van der Waals surface area (Å²) >= 11 is 7.17. The Hall–Kier alpha value is -0.110. The molecule has 0 amide bonds. The van der Waals surface area contributed by atoms with Crippen molar-refractivity contribution in [2.24, 2.45) is 0 Å². The molecule has 1 heterocycles. The molecule has 0 fully saturated rings. The maximum absolute atomic E-state index is 3.58. The smallest absolute Gasteiger partial charge is 0.0828 e. The topological polar surface area (TPSA) is 4.93 Å². The first-order chi connectivity index (χ1) is 7.18. The van der Waals surface area contributed by atoms with Crippen molar-refractivity contribution < 1.29 is 0 Å². The van der Waals surface area contributed by atoms with Gasteiger partial charge in [-0.15, -0.1) is 0 Å². The summed E-state index contributed by atoms with van der Waals surface area (Å²) in [5, 5.41) is -0.423. The Kier molecular flexibility index (Phi) is 3.65. The van der Waals surface area contributed by atoms with E-state index in [1.54, 1.807) is 0 Å². The maximum Gasteiger partial charge on any atom is 0.0828 e. The van der Waals surface area contributed by atoms with Crippen LogP contribution < -0.4 is 5.44 Å². The summed E-state index contributed by atoms with van der Waals surface area (Å²) in [6, 6.07) is 12.7. The Bertz CT molecular complexity index is 448. The van der Waals surface area contributed by atoms with E-state index in [4.69, 9.17) is 0 Å². The summed E-state index contributed by atoms with van der Waals surface area (Å²) in [4.78, 5) is 0. The van der Waals surface area contributed by atoms with Crippen molar-refractivity contribution >= 4 is 41.7 Å². The summed E-state index contributed by atoms with van der Waals surface area (Å²) in [7, 11) is 0. The fraction of sp³-hybridized carbons (Fsp3) is 0.0909. The predicted octanol–water partition coefficient (Wildman–Crippen LogP) is 4.51. The zero-order valence-electron chi connectivity index (χ0n) is 8.19. The lowest BCUT2D eigenvalue weighted by atomic mass is 10.2. The molecule has 0 radical (unpaired) electrons. The van der Waals surface area contributed by atoms with Gasteiger partial charge in [0.15, 0.2) is 0 Å². The highest BCUT2D eigenvalue weighted by molar-refractivity contribution is 9.70. The zero-order chi connectivity index (χ0) is 10.8. The third-order valence-corrected chi connectivity index (χ3v) is 5.10. The molecule has 2 aromatic rings. The van der Waals surface area contributed by atoms with E-state index in [-0.39, 0.29) is 0 Å². The second-order valence-electron chi connectivity index (χ2n) is 3.30. The van der Waals surface area contributed by atoms with Crippen LogP contribution in [0, 0.1) is 6.92 Å². The van der Waals surface area contributed by atoms with Crippen LogP contribution in [0.15, 0.2) is 42.6 Å². The second kappa shape index (κ2) is 4.82. The predicted molar refractivity (Wildman–Crippen MR) is 74.9 cm³/mol. The van der Waals surface area contributed by atoms with Crippen molar-refractivity contribution in [3.05, 3.63) is 48.2 Å². The first-order valence-corrected chi connectivity index (χ1v) is 9.92. The van der Waals surface area contributed by atoms with Crippen molar-refractivity contribution in [3.8, 4) is 5.69 Å². The molecule has 2 rings (SSSR count). The van der Waals surface area contributed by atoms with Gasteiger partial charge in [-0.25, -0.2) is 0 Å². The molecule has 1 aromatic carbocycles. The molecule has 15 heavy (non-hydrogen) atoms. The second-order valence-corrected chi connectivity index (χ2v) is 11.3. The van der Waals surface area contributed by atoms with Gasteiger partial charge in [-0.3, -0.25) is 0 Å². The lowest BCUT2D eigenvalue weighted by Gasteiger charge is -2.09. The van der Waals surface area contributed by atoms with Crippen LogP contribution in [-0.2, 0) is 0 Å². The molecular weight excluding hydrogens is 337 g/mol. The molecule has 0 aliphatic carbocycles. The van der Waals surface area contributed by atoms with Gasteiger partial charge in [0.1, 0.15) is 0 Å². The zero-order valence-corrected chi connectivity index (χ0v) is 12.3. The Balaban J connectivity index is 2.45. The minimum Gasteiger partial charge on any atom is -0.315 e. The SMILES string of the molecule is Cc1ccc(-n2cccc2P(Br)Br)cc1. The molecule has 0 aliphatic heterocycles. The largest absolute Gasteiger partial charge is 0.315 e. The van der Waals surface area contributed by atoms with E-state index in [1.807, 2.05) is 0 Å². The first-order valence-electron chi connectivity index (χ1n) is 4.54. The van der Waals surface area contributed by atoms with Crippen molar-refractivity contribution in [3.63, 3.8) is 0 Å². The quantitative estimate of drug-likeness (QED) is 0.705. The van der Waals surface area contributed by atoms with E-state index in [1.165, 1.54) is 16.7 Å². The third-order valence-electron chi connectivity index (χ3n) is 2.21. The van der Waals surface area contributed by atoms with E-state index in [9.17, 15) is 0 Å². The van der Waals surface area contributed by atoms with Gasteiger partial charge in [-0.2, -0.15) is 0 Å². The third kappa shape index (κ3) is 2.52.